The molecule has 1 N–H and O–H groups in total. The van der Waals surface area contributed by atoms with Crippen molar-refractivity contribution in [2.45, 2.75) is 0 Å². The van der Waals surface area contributed by atoms with E-state index in [1.165, 1.54) is 12.1 Å². The van der Waals surface area contributed by atoms with Gasteiger partial charge in [-0.05, 0) is 49.5 Å². The van der Waals surface area contributed by atoms with Gasteiger partial charge in [0, 0.05) is 35.4 Å². The molecule has 0 heterocycles. The van der Waals surface area contributed by atoms with E-state index in [0.29, 0.717) is 17.8 Å². The third-order valence-corrected chi connectivity index (χ3v) is 4.30. The van der Waals surface area contributed by atoms with E-state index in [1.54, 1.807) is 30.3 Å². The standard InChI is InChI=1S/C21H22BrFN2O/c1-3-13-25(2)14-5-4-12-24-18-10-11-19(20(23)15-18)21(26)16-6-8-17(22)9-7-16/h3-11,15,24H,1,12-14H2,2H3. The Kier molecular flexibility index (Phi) is 7.75. The average Bonchev–Trinajstić information content (AvgIpc) is 2.62. The normalized spacial score (nSPS) is 11.1. The van der Waals surface area contributed by atoms with Crippen molar-refractivity contribution in [2.75, 3.05) is 32.0 Å². The lowest BCUT2D eigenvalue weighted by atomic mass is 10.0. The summed E-state index contributed by atoms with van der Waals surface area (Å²) in [4.78, 5) is 14.5. The van der Waals surface area contributed by atoms with Crippen LogP contribution in [0, 0.1) is 5.82 Å². The topological polar surface area (TPSA) is 32.3 Å². The number of halogens is 2. The lowest BCUT2D eigenvalue weighted by molar-refractivity contribution is 0.103. The van der Waals surface area contributed by atoms with Crippen LogP contribution in [-0.2, 0) is 0 Å². The van der Waals surface area contributed by atoms with Gasteiger partial charge in [0.2, 0.25) is 0 Å². The summed E-state index contributed by atoms with van der Waals surface area (Å²) < 4.78 is 15.2. The van der Waals surface area contributed by atoms with Crippen LogP contribution in [0.25, 0.3) is 0 Å². The lowest BCUT2D eigenvalue weighted by Crippen LogP contribution is -2.17. The molecule has 0 amide bonds. The molecule has 136 valence electrons. The molecule has 0 saturated heterocycles. The Hall–Kier alpha value is -2.24. The van der Waals surface area contributed by atoms with Crippen molar-refractivity contribution in [3.8, 4) is 0 Å². The summed E-state index contributed by atoms with van der Waals surface area (Å²) in [5.41, 5.74) is 1.16. The number of rotatable bonds is 9. The number of anilines is 1. The van der Waals surface area contributed by atoms with E-state index in [1.807, 2.05) is 25.3 Å². The molecule has 5 heteroatoms. The van der Waals surface area contributed by atoms with E-state index in [4.69, 9.17) is 0 Å². The monoisotopic (exact) mass is 416 g/mol. The number of carbonyl (C=O) groups excluding carboxylic acids is 1. The zero-order chi connectivity index (χ0) is 18.9. The van der Waals surface area contributed by atoms with E-state index in [2.05, 4.69) is 32.7 Å². The van der Waals surface area contributed by atoms with Crippen molar-refractivity contribution in [3.05, 3.63) is 88.7 Å². The summed E-state index contributed by atoms with van der Waals surface area (Å²) >= 11 is 3.32. The highest BCUT2D eigenvalue weighted by Crippen LogP contribution is 2.19. The van der Waals surface area contributed by atoms with Gasteiger partial charge in [0.1, 0.15) is 5.82 Å². The van der Waals surface area contributed by atoms with Gasteiger partial charge in [-0.1, -0.05) is 34.2 Å². The Balaban J connectivity index is 1.94. The number of benzene rings is 2. The predicted molar refractivity (Wildman–Crippen MR) is 109 cm³/mol. The maximum absolute atomic E-state index is 14.3. The second kappa shape index (κ2) is 10.0. The number of nitrogens with zero attached hydrogens (tertiary/aromatic N) is 1. The van der Waals surface area contributed by atoms with Crippen LogP contribution in [0.3, 0.4) is 0 Å². The van der Waals surface area contributed by atoms with Gasteiger partial charge in [-0.3, -0.25) is 9.69 Å². The largest absolute Gasteiger partial charge is 0.381 e. The van der Waals surface area contributed by atoms with E-state index in [9.17, 15) is 9.18 Å². The maximum atomic E-state index is 14.3. The van der Waals surface area contributed by atoms with Crippen LogP contribution in [-0.4, -0.2) is 37.4 Å². The van der Waals surface area contributed by atoms with Gasteiger partial charge < -0.3 is 5.32 Å². The second-order valence-electron chi connectivity index (χ2n) is 5.89. The van der Waals surface area contributed by atoms with Crippen LogP contribution < -0.4 is 5.32 Å². The Labute approximate surface area is 162 Å². The van der Waals surface area contributed by atoms with Gasteiger partial charge in [-0.15, -0.1) is 6.58 Å². The van der Waals surface area contributed by atoms with E-state index in [0.717, 1.165) is 17.6 Å². The lowest BCUT2D eigenvalue weighted by Gasteiger charge is -2.10. The molecule has 0 radical (unpaired) electrons. The summed E-state index contributed by atoms with van der Waals surface area (Å²) in [6.45, 7) is 5.93. The number of ketones is 1. The minimum atomic E-state index is -0.530. The molecule has 0 aliphatic heterocycles. The van der Waals surface area contributed by atoms with Gasteiger partial charge >= 0.3 is 0 Å². The van der Waals surface area contributed by atoms with E-state index >= 15 is 0 Å². The van der Waals surface area contributed by atoms with Gasteiger partial charge in [0.15, 0.2) is 5.78 Å². The number of hydrogen-bond acceptors (Lipinski definition) is 3. The molecule has 26 heavy (non-hydrogen) atoms. The van der Waals surface area contributed by atoms with Crippen molar-refractivity contribution in [2.24, 2.45) is 0 Å². The first-order valence-corrected chi connectivity index (χ1v) is 9.08. The average molecular weight is 417 g/mol. The van der Waals surface area contributed by atoms with Gasteiger partial charge in [0.25, 0.3) is 0 Å². The minimum absolute atomic E-state index is 0.0689. The molecular formula is C21H22BrFN2O. The molecule has 0 atom stereocenters. The first kappa shape index (κ1) is 20.1. The van der Waals surface area contributed by atoms with Crippen LogP contribution in [0.1, 0.15) is 15.9 Å². The van der Waals surface area contributed by atoms with E-state index < -0.39 is 5.82 Å². The summed E-state index contributed by atoms with van der Waals surface area (Å²) in [7, 11) is 2.01. The molecule has 0 fully saturated rings. The number of nitrogens with one attached hydrogen (secondary N) is 1. The van der Waals surface area contributed by atoms with Crippen molar-refractivity contribution in [1.82, 2.24) is 4.90 Å². The molecule has 3 nitrogen and oxygen atoms in total. The maximum Gasteiger partial charge on any atom is 0.195 e. The molecule has 2 rings (SSSR count). The first-order chi connectivity index (χ1) is 12.5. The molecule has 2 aromatic carbocycles. The van der Waals surface area contributed by atoms with Crippen molar-refractivity contribution >= 4 is 27.4 Å². The van der Waals surface area contributed by atoms with Crippen LogP contribution >= 0.6 is 15.9 Å². The molecule has 0 aliphatic carbocycles. The van der Waals surface area contributed by atoms with Crippen molar-refractivity contribution in [1.29, 1.82) is 0 Å². The summed E-state index contributed by atoms with van der Waals surface area (Å²) in [5, 5.41) is 3.12. The van der Waals surface area contributed by atoms with Crippen molar-refractivity contribution < 1.29 is 9.18 Å². The zero-order valence-electron chi connectivity index (χ0n) is 14.7. The summed E-state index contributed by atoms with van der Waals surface area (Å²) in [5.74, 6) is -0.857. The van der Waals surface area contributed by atoms with Gasteiger partial charge in [-0.25, -0.2) is 4.39 Å². The third kappa shape index (κ3) is 5.93. The Morgan fingerprint density at radius 2 is 1.92 bits per heavy atom. The second-order valence-corrected chi connectivity index (χ2v) is 6.81. The Bertz CT molecular complexity index is 787. The zero-order valence-corrected chi connectivity index (χ0v) is 16.3. The highest BCUT2D eigenvalue weighted by atomic mass is 79.9. The molecule has 0 unspecified atom stereocenters. The SMILES string of the molecule is C=CCN(C)CC=CCNc1ccc(C(=O)c2ccc(Br)cc2)c(F)c1. The predicted octanol–water partition coefficient (Wildman–Crippen LogP) is 4.91. The first-order valence-electron chi connectivity index (χ1n) is 8.29. The highest BCUT2D eigenvalue weighted by molar-refractivity contribution is 9.10. The number of likely N-dealkylation sites (N-methyl/N-ethyl adjacent to an activating group) is 1. The molecular weight excluding hydrogens is 395 g/mol. The third-order valence-electron chi connectivity index (χ3n) is 3.77. The fraction of sp³-hybridized carbons (Fsp3) is 0.190. The van der Waals surface area contributed by atoms with E-state index in [-0.39, 0.29) is 11.3 Å². The summed E-state index contributed by atoms with van der Waals surface area (Å²) in [6.07, 6.45) is 5.88. The quantitative estimate of drug-likeness (QED) is 0.465. The summed E-state index contributed by atoms with van der Waals surface area (Å²) in [6, 6.07) is 11.5. The molecule has 0 aliphatic rings. The van der Waals surface area contributed by atoms with Gasteiger partial charge in [0.05, 0.1) is 5.56 Å². The molecule has 0 saturated carbocycles. The molecule has 2 aromatic rings. The molecule has 0 bridgehead atoms. The molecule has 0 aromatic heterocycles. The fourth-order valence-corrected chi connectivity index (χ4v) is 2.64. The van der Waals surface area contributed by atoms with Crippen LogP contribution in [0.15, 0.2) is 71.7 Å². The Morgan fingerprint density at radius 1 is 1.19 bits per heavy atom. The number of hydrogen-bond donors (Lipinski definition) is 1. The Morgan fingerprint density at radius 3 is 2.58 bits per heavy atom. The van der Waals surface area contributed by atoms with Crippen molar-refractivity contribution in [3.63, 3.8) is 0 Å². The van der Waals surface area contributed by atoms with Crippen LogP contribution in [0.2, 0.25) is 0 Å². The highest BCUT2D eigenvalue weighted by Gasteiger charge is 2.14. The number of carbonyl (C=O) groups is 1. The molecule has 0 spiro atoms. The van der Waals surface area contributed by atoms with Crippen LogP contribution in [0.4, 0.5) is 10.1 Å². The van der Waals surface area contributed by atoms with Crippen LogP contribution in [0.5, 0.6) is 0 Å². The van der Waals surface area contributed by atoms with Gasteiger partial charge in [-0.2, -0.15) is 0 Å². The smallest absolute Gasteiger partial charge is 0.195 e. The fourth-order valence-electron chi connectivity index (χ4n) is 2.38. The minimum Gasteiger partial charge on any atom is -0.381 e.